The van der Waals surface area contributed by atoms with Gasteiger partial charge in [-0.2, -0.15) is 4.31 Å². The quantitative estimate of drug-likeness (QED) is 0.697. The average molecular weight is 434 g/mol. The molecule has 162 valence electrons. The van der Waals surface area contributed by atoms with E-state index < -0.39 is 10.0 Å². The first kappa shape index (κ1) is 21.2. The number of benzene rings is 1. The van der Waals surface area contributed by atoms with Gasteiger partial charge in [0.05, 0.1) is 12.7 Å². The topological polar surface area (TPSA) is 62.7 Å². The molecule has 0 atom stereocenters. The second-order valence-corrected chi connectivity index (χ2v) is 9.82. The van der Waals surface area contributed by atoms with Gasteiger partial charge in [-0.15, -0.1) is 0 Å². The summed E-state index contributed by atoms with van der Waals surface area (Å²) >= 11 is 0. The fourth-order valence-corrected chi connectivity index (χ4v) is 5.77. The molecule has 2 aliphatic heterocycles. The number of ether oxygens (including phenoxy) is 1. The van der Waals surface area contributed by atoms with E-state index in [1.165, 1.54) is 12.1 Å². The molecule has 2 aromatic rings. The van der Waals surface area contributed by atoms with Gasteiger partial charge in [0, 0.05) is 32.4 Å². The maximum Gasteiger partial charge on any atom is 0.246 e. The average Bonchev–Trinajstić information content (AvgIpc) is 2.80. The van der Waals surface area contributed by atoms with Gasteiger partial charge in [-0.3, -0.25) is 0 Å². The highest BCUT2D eigenvalue weighted by Gasteiger charge is 2.31. The first-order chi connectivity index (χ1) is 14.5. The van der Waals surface area contributed by atoms with Gasteiger partial charge in [0.25, 0.3) is 0 Å². The van der Waals surface area contributed by atoms with Crippen molar-refractivity contribution in [2.75, 3.05) is 31.1 Å². The molecule has 0 saturated carbocycles. The van der Waals surface area contributed by atoms with Crippen LogP contribution in [0.3, 0.4) is 0 Å². The van der Waals surface area contributed by atoms with E-state index in [0.717, 1.165) is 37.7 Å². The Balaban J connectivity index is 1.39. The molecule has 1 aromatic heterocycles. The van der Waals surface area contributed by atoms with E-state index in [0.29, 0.717) is 43.5 Å². The lowest BCUT2D eigenvalue weighted by molar-refractivity contribution is 0.0250. The van der Waals surface area contributed by atoms with Crippen LogP contribution in [0, 0.1) is 5.82 Å². The molecule has 0 aliphatic carbocycles. The van der Waals surface area contributed by atoms with Gasteiger partial charge in [0.1, 0.15) is 16.5 Å². The van der Waals surface area contributed by atoms with Gasteiger partial charge in [-0.05, 0) is 55.5 Å². The number of hydrogen-bond donors (Lipinski definition) is 0. The molecule has 0 spiro atoms. The maximum atomic E-state index is 13.2. The van der Waals surface area contributed by atoms with Gasteiger partial charge in [0.15, 0.2) is 0 Å². The van der Waals surface area contributed by atoms with Crippen molar-refractivity contribution < 1.29 is 17.5 Å². The number of aromatic nitrogens is 1. The fraction of sp³-hybridized carbons (Fsp3) is 0.500. The molecule has 2 aliphatic rings. The van der Waals surface area contributed by atoms with E-state index in [4.69, 9.17) is 4.74 Å². The van der Waals surface area contributed by atoms with Crippen LogP contribution in [-0.4, -0.2) is 50.0 Å². The third-order valence-electron chi connectivity index (χ3n) is 5.82. The molecule has 3 heterocycles. The minimum Gasteiger partial charge on any atom is -0.373 e. The van der Waals surface area contributed by atoms with Crippen molar-refractivity contribution in [1.82, 2.24) is 9.29 Å². The number of piperidine rings is 2. The van der Waals surface area contributed by atoms with Crippen molar-refractivity contribution in [3.05, 3.63) is 54.0 Å². The molecule has 0 N–H and O–H groups in total. The highest BCUT2D eigenvalue weighted by atomic mass is 32.2. The molecular weight excluding hydrogens is 405 g/mol. The maximum absolute atomic E-state index is 13.2. The number of halogens is 1. The molecule has 1 aromatic carbocycles. The standard InChI is InChI=1S/C22H28FN3O3S/c23-19-8-6-18(7-9-19)17-29-20-10-15-25(16-11-20)22-21(5-4-12-24-22)30(27,28)26-13-2-1-3-14-26/h4-9,12,20H,1-3,10-11,13-17H2. The van der Waals surface area contributed by atoms with Gasteiger partial charge < -0.3 is 9.64 Å². The van der Waals surface area contributed by atoms with Gasteiger partial charge >= 0.3 is 0 Å². The van der Waals surface area contributed by atoms with Crippen LogP contribution in [-0.2, 0) is 21.4 Å². The van der Waals surface area contributed by atoms with Crippen molar-refractivity contribution in [2.45, 2.75) is 49.7 Å². The van der Waals surface area contributed by atoms with Crippen LogP contribution < -0.4 is 4.90 Å². The Bertz CT molecular complexity index is 938. The van der Waals surface area contributed by atoms with E-state index in [9.17, 15) is 12.8 Å². The first-order valence-electron chi connectivity index (χ1n) is 10.6. The number of rotatable bonds is 6. The first-order valence-corrected chi connectivity index (χ1v) is 12.0. The van der Waals surface area contributed by atoms with Crippen LogP contribution in [0.5, 0.6) is 0 Å². The van der Waals surface area contributed by atoms with Crippen LogP contribution >= 0.6 is 0 Å². The molecule has 6 nitrogen and oxygen atoms in total. The third-order valence-corrected chi connectivity index (χ3v) is 7.74. The Morgan fingerprint density at radius 2 is 1.70 bits per heavy atom. The molecule has 30 heavy (non-hydrogen) atoms. The van der Waals surface area contributed by atoms with Crippen molar-refractivity contribution >= 4 is 15.8 Å². The molecule has 8 heteroatoms. The minimum atomic E-state index is -3.54. The van der Waals surface area contributed by atoms with Crippen molar-refractivity contribution in [3.63, 3.8) is 0 Å². The van der Waals surface area contributed by atoms with E-state index in [-0.39, 0.29) is 11.9 Å². The van der Waals surface area contributed by atoms with E-state index in [2.05, 4.69) is 9.88 Å². The zero-order valence-electron chi connectivity index (χ0n) is 17.0. The molecule has 0 bridgehead atoms. The summed E-state index contributed by atoms with van der Waals surface area (Å²) in [7, 11) is -3.54. The zero-order valence-corrected chi connectivity index (χ0v) is 17.9. The summed E-state index contributed by atoms with van der Waals surface area (Å²) in [5.74, 6) is 0.290. The summed E-state index contributed by atoms with van der Waals surface area (Å²) in [5.41, 5.74) is 0.943. The largest absolute Gasteiger partial charge is 0.373 e. The third kappa shape index (κ3) is 4.82. The van der Waals surface area contributed by atoms with E-state index in [1.54, 1.807) is 34.8 Å². The van der Waals surface area contributed by atoms with Gasteiger partial charge in [-0.1, -0.05) is 18.6 Å². The van der Waals surface area contributed by atoms with Gasteiger partial charge in [0.2, 0.25) is 10.0 Å². The lowest BCUT2D eigenvalue weighted by atomic mass is 10.1. The molecule has 0 amide bonds. The van der Waals surface area contributed by atoms with Crippen molar-refractivity contribution in [2.24, 2.45) is 0 Å². The summed E-state index contributed by atoms with van der Waals surface area (Å²) in [6.45, 7) is 2.98. The van der Waals surface area contributed by atoms with Crippen molar-refractivity contribution in [3.8, 4) is 0 Å². The second kappa shape index (κ2) is 9.41. The van der Waals surface area contributed by atoms with Crippen LogP contribution in [0.1, 0.15) is 37.7 Å². The molecule has 0 radical (unpaired) electrons. The number of hydrogen-bond acceptors (Lipinski definition) is 5. The molecular formula is C22H28FN3O3S. The highest BCUT2D eigenvalue weighted by molar-refractivity contribution is 7.89. The predicted octanol–water partition coefficient (Wildman–Crippen LogP) is 3.58. The van der Waals surface area contributed by atoms with Crippen LogP contribution in [0.2, 0.25) is 0 Å². The summed E-state index contributed by atoms with van der Waals surface area (Å²) in [5, 5.41) is 0. The Kier molecular flexibility index (Phi) is 6.65. The van der Waals surface area contributed by atoms with E-state index >= 15 is 0 Å². The number of anilines is 1. The second-order valence-electron chi connectivity index (χ2n) is 7.91. The smallest absolute Gasteiger partial charge is 0.246 e. The minimum absolute atomic E-state index is 0.0946. The Morgan fingerprint density at radius 1 is 1.00 bits per heavy atom. The zero-order chi connectivity index (χ0) is 21.0. The summed E-state index contributed by atoms with van der Waals surface area (Å²) in [4.78, 5) is 6.79. The molecule has 2 fully saturated rings. The molecule has 4 rings (SSSR count). The molecule has 0 unspecified atom stereocenters. The Labute approximate surface area is 177 Å². The lowest BCUT2D eigenvalue weighted by Gasteiger charge is -2.34. The monoisotopic (exact) mass is 433 g/mol. The van der Waals surface area contributed by atoms with Crippen LogP contribution in [0.25, 0.3) is 0 Å². The van der Waals surface area contributed by atoms with E-state index in [1.807, 2.05) is 0 Å². The number of pyridine rings is 1. The highest BCUT2D eigenvalue weighted by Crippen LogP contribution is 2.30. The van der Waals surface area contributed by atoms with Crippen LogP contribution in [0.15, 0.2) is 47.5 Å². The predicted molar refractivity (Wildman–Crippen MR) is 113 cm³/mol. The summed E-state index contributed by atoms with van der Waals surface area (Å²) in [6, 6.07) is 9.70. The SMILES string of the molecule is O=S(=O)(c1cccnc1N1CCC(OCc2ccc(F)cc2)CC1)N1CCCCC1. The number of sulfonamides is 1. The Morgan fingerprint density at radius 3 is 2.40 bits per heavy atom. The molecule has 2 saturated heterocycles. The lowest BCUT2D eigenvalue weighted by Crippen LogP contribution is -2.40. The van der Waals surface area contributed by atoms with Gasteiger partial charge in [-0.25, -0.2) is 17.8 Å². The number of nitrogens with zero attached hydrogens (tertiary/aromatic N) is 3. The van der Waals surface area contributed by atoms with Crippen LogP contribution in [0.4, 0.5) is 10.2 Å². The summed E-state index contributed by atoms with van der Waals surface area (Å²) < 4.78 is 47.0. The summed E-state index contributed by atoms with van der Waals surface area (Å²) in [6.07, 6.45) is 6.23. The normalized spacial score (nSPS) is 19.2. The fourth-order valence-electron chi connectivity index (χ4n) is 4.09. The Hall–Kier alpha value is -2.03. The van der Waals surface area contributed by atoms with Crippen molar-refractivity contribution in [1.29, 1.82) is 0 Å².